The molecule has 8 aromatic rings. The van der Waals surface area contributed by atoms with Crippen molar-refractivity contribution < 1.29 is 22.8 Å². The first-order chi connectivity index (χ1) is 31.2. The minimum Gasteiger partial charge on any atom is -0.376 e. The van der Waals surface area contributed by atoms with Gasteiger partial charge in [-0.25, -0.2) is 23.1 Å². The third-order valence-electron chi connectivity index (χ3n) is 14.7. The van der Waals surface area contributed by atoms with E-state index in [0.29, 0.717) is 76.9 Å². The molecule has 2 atom stereocenters. The quantitative estimate of drug-likeness (QED) is 0.179. The number of carbonyl (C=O) groups excluding carboxylic acids is 1. The first kappa shape index (κ1) is 39.7. The summed E-state index contributed by atoms with van der Waals surface area (Å²) in [7, 11) is 1.72. The number of fused-ring (bicyclic) bond motifs is 3. The van der Waals surface area contributed by atoms with E-state index in [0.717, 1.165) is 36.6 Å². The van der Waals surface area contributed by atoms with Gasteiger partial charge < -0.3 is 14.2 Å². The summed E-state index contributed by atoms with van der Waals surface area (Å²) in [6.45, 7) is 8.65. The van der Waals surface area contributed by atoms with Crippen LogP contribution in [0.5, 0.6) is 0 Å². The van der Waals surface area contributed by atoms with Crippen LogP contribution in [0.3, 0.4) is 0 Å². The third kappa shape index (κ3) is 5.79. The van der Waals surface area contributed by atoms with Gasteiger partial charge in [0.05, 0.1) is 46.3 Å². The van der Waals surface area contributed by atoms with Crippen LogP contribution in [0.2, 0.25) is 0 Å². The number of aromatic amines is 1. The van der Waals surface area contributed by atoms with Crippen LogP contribution in [-0.2, 0) is 30.3 Å². The van der Waals surface area contributed by atoms with Crippen molar-refractivity contribution in [1.82, 2.24) is 48.3 Å². The summed E-state index contributed by atoms with van der Waals surface area (Å²) in [4.78, 5) is 47.2. The number of H-pyrrole nitrogens is 1. The summed E-state index contributed by atoms with van der Waals surface area (Å²) in [6, 6.07) is 15.0. The van der Waals surface area contributed by atoms with Crippen molar-refractivity contribution in [2.24, 2.45) is 12.5 Å². The predicted molar refractivity (Wildman–Crippen MR) is 235 cm³/mol. The zero-order valence-electron chi connectivity index (χ0n) is 36.6. The SMILES string of the molecule is Cc1cc(-n2nc3c(c2-n2ccn(-c4ccc5c(cnn5C)c4F)c2=O)CN(C(=O)c2cc4cc(C5CCOC(C)(C)C5)ccc4n2[C@@]2(c4noc(=O)[nH]4)CC24CC4)CC3)cc(C)c1F. The Morgan fingerprint density at radius 3 is 2.45 bits per heavy atom. The maximum Gasteiger partial charge on any atom is 0.438 e. The Hall–Kier alpha value is -6.88. The molecule has 1 N–H and O–H groups in total. The number of aromatic nitrogens is 9. The molecule has 1 spiro atoms. The van der Waals surface area contributed by atoms with E-state index in [1.165, 1.54) is 27.1 Å². The maximum atomic E-state index is 16.1. The van der Waals surface area contributed by atoms with Crippen molar-refractivity contribution >= 4 is 27.7 Å². The molecule has 1 amide bonds. The highest BCUT2D eigenvalue weighted by atomic mass is 19.1. The van der Waals surface area contributed by atoms with Crippen molar-refractivity contribution in [1.29, 1.82) is 0 Å². The van der Waals surface area contributed by atoms with Crippen molar-refractivity contribution in [3.8, 4) is 17.2 Å². The number of halogens is 2. The van der Waals surface area contributed by atoms with Gasteiger partial charge in [-0.05, 0) is 125 Å². The Morgan fingerprint density at radius 1 is 0.954 bits per heavy atom. The minimum atomic E-state index is -0.798. The lowest BCUT2D eigenvalue weighted by Crippen LogP contribution is -2.39. The van der Waals surface area contributed by atoms with Crippen molar-refractivity contribution in [2.75, 3.05) is 13.2 Å². The fraction of sp³-hybridized carbons (Fsp3) is 0.375. The van der Waals surface area contributed by atoms with Crippen LogP contribution in [0.1, 0.15) is 96.1 Å². The van der Waals surface area contributed by atoms with Gasteiger partial charge >= 0.3 is 11.4 Å². The minimum absolute atomic E-state index is 0.0480. The smallest absolute Gasteiger partial charge is 0.376 e. The molecule has 2 aliphatic heterocycles. The van der Waals surface area contributed by atoms with E-state index in [4.69, 9.17) is 14.4 Å². The molecule has 5 aromatic heterocycles. The number of hydrogen-bond acceptors (Lipinski definition) is 8. The summed E-state index contributed by atoms with van der Waals surface area (Å²) in [5.74, 6) is -0.794. The van der Waals surface area contributed by atoms with Crippen LogP contribution in [0.15, 0.2) is 81.2 Å². The van der Waals surface area contributed by atoms with Gasteiger partial charge in [0.25, 0.3) is 5.91 Å². The van der Waals surface area contributed by atoms with Crippen molar-refractivity contribution in [3.05, 3.63) is 139 Å². The van der Waals surface area contributed by atoms with Crippen LogP contribution in [-0.4, -0.2) is 73.0 Å². The zero-order valence-corrected chi connectivity index (χ0v) is 36.6. The summed E-state index contributed by atoms with van der Waals surface area (Å²) in [6.07, 6.45) is 9.12. The number of nitrogens with zero attached hydrogens (tertiary/aromatic N) is 9. The van der Waals surface area contributed by atoms with E-state index < -0.39 is 22.8 Å². The van der Waals surface area contributed by atoms with E-state index in [1.54, 1.807) is 65.6 Å². The molecule has 3 aromatic carbocycles. The maximum absolute atomic E-state index is 16.1. The van der Waals surface area contributed by atoms with Gasteiger partial charge in [-0.1, -0.05) is 11.2 Å². The average Bonchev–Trinajstić information content (AvgIpc) is 3.68. The topological polar surface area (TPSA) is 156 Å². The number of amides is 1. The Morgan fingerprint density at radius 2 is 1.72 bits per heavy atom. The molecule has 332 valence electrons. The summed E-state index contributed by atoms with van der Waals surface area (Å²) < 4.78 is 50.3. The van der Waals surface area contributed by atoms with E-state index in [9.17, 15) is 9.59 Å². The van der Waals surface area contributed by atoms with Gasteiger partial charge in [0, 0.05) is 60.9 Å². The molecular formula is C48H46F2N10O5. The fourth-order valence-electron chi connectivity index (χ4n) is 11.2. The molecule has 3 fully saturated rings. The molecule has 65 heavy (non-hydrogen) atoms. The molecule has 0 bridgehead atoms. The number of carbonyl (C=O) groups is 1. The molecule has 2 aliphatic carbocycles. The Balaban J connectivity index is 0.992. The largest absolute Gasteiger partial charge is 0.438 e. The predicted octanol–water partition coefficient (Wildman–Crippen LogP) is 7.03. The molecule has 7 heterocycles. The second-order valence-electron chi connectivity index (χ2n) is 19.2. The van der Waals surface area contributed by atoms with Gasteiger partial charge in [-0.2, -0.15) is 10.2 Å². The highest BCUT2D eigenvalue weighted by Gasteiger charge is 2.78. The fourth-order valence-corrected chi connectivity index (χ4v) is 11.2. The highest BCUT2D eigenvalue weighted by molar-refractivity contribution is 6.00. The highest BCUT2D eigenvalue weighted by Crippen LogP contribution is 2.79. The molecule has 1 unspecified atom stereocenters. The van der Waals surface area contributed by atoms with Gasteiger partial charge in [-0.3, -0.25) is 28.1 Å². The molecule has 1 saturated heterocycles. The summed E-state index contributed by atoms with van der Waals surface area (Å²) in [5, 5.41) is 14.6. The number of hydrogen-bond donors (Lipinski definition) is 1. The molecule has 2 saturated carbocycles. The lowest BCUT2D eigenvalue weighted by atomic mass is 9.83. The van der Waals surface area contributed by atoms with Gasteiger partial charge in [0.2, 0.25) is 0 Å². The van der Waals surface area contributed by atoms with E-state index in [-0.39, 0.29) is 46.3 Å². The molecule has 15 nitrogen and oxygen atoms in total. The lowest BCUT2D eigenvalue weighted by molar-refractivity contribution is -0.0592. The Bertz CT molecular complexity index is 3430. The zero-order chi connectivity index (χ0) is 44.9. The Labute approximate surface area is 369 Å². The third-order valence-corrected chi connectivity index (χ3v) is 14.7. The lowest BCUT2D eigenvalue weighted by Gasteiger charge is -2.35. The molecule has 17 heteroatoms. The second-order valence-corrected chi connectivity index (χ2v) is 19.2. The monoisotopic (exact) mass is 880 g/mol. The van der Waals surface area contributed by atoms with E-state index >= 15 is 13.6 Å². The molecular weight excluding hydrogens is 835 g/mol. The molecule has 12 rings (SSSR count). The van der Waals surface area contributed by atoms with Crippen molar-refractivity contribution in [3.63, 3.8) is 0 Å². The number of nitrogens with one attached hydrogen (secondary N) is 1. The summed E-state index contributed by atoms with van der Waals surface area (Å²) in [5.41, 5.74) is 3.94. The van der Waals surface area contributed by atoms with Gasteiger partial charge in [0.1, 0.15) is 22.9 Å². The van der Waals surface area contributed by atoms with Gasteiger partial charge in [0.15, 0.2) is 11.6 Å². The molecule has 0 radical (unpaired) electrons. The van der Waals surface area contributed by atoms with E-state index in [2.05, 4.69) is 51.9 Å². The standard InChI is InChI=1S/C48H46F2N10O5/c1-26-18-31(19-27(2)39(26)49)60-41(58-16-15-57(45(58)63)37-9-8-36-32(40(37)50)23-51-55(36)5)33-24-56(14-10-34(33)53-60)42(61)38-21-30-20-28(29-11-17-64-46(3,4)22-29)6-7-35(30)59(38)48(25-47(48)12-13-47)43-52-44(62)65-54-43/h6-9,15-16,18-21,23,29H,10-14,17,22,24-25H2,1-5H3,(H,52,54,62)/t29?,48-/m1/s1. The normalized spacial score (nSPS) is 20.8. The molecule has 4 aliphatic rings. The number of ether oxygens (including phenoxy) is 1. The Kier molecular flexibility index (Phi) is 8.29. The van der Waals surface area contributed by atoms with Crippen LogP contribution < -0.4 is 11.4 Å². The number of aryl methyl sites for hydroxylation is 3. The van der Waals surface area contributed by atoms with Gasteiger partial charge in [-0.15, -0.1) is 0 Å². The van der Waals surface area contributed by atoms with Crippen LogP contribution >= 0.6 is 0 Å². The number of imidazole rings is 1. The van der Waals surface area contributed by atoms with Crippen LogP contribution in [0.4, 0.5) is 8.78 Å². The first-order valence-corrected chi connectivity index (χ1v) is 22.1. The first-order valence-electron chi connectivity index (χ1n) is 22.1. The number of benzene rings is 3. The number of rotatable bonds is 7. The van der Waals surface area contributed by atoms with Crippen molar-refractivity contribution in [2.45, 2.75) is 89.8 Å². The van der Waals surface area contributed by atoms with Crippen LogP contribution in [0.25, 0.3) is 39.0 Å². The second kappa shape index (κ2) is 13.6. The van der Waals surface area contributed by atoms with E-state index in [1.807, 2.05) is 6.07 Å². The average molecular weight is 881 g/mol. The van der Waals surface area contributed by atoms with Crippen LogP contribution in [0, 0.1) is 30.9 Å². The summed E-state index contributed by atoms with van der Waals surface area (Å²) >= 11 is 0.